The van der Waals surface area contributed by atoms with Crippen LogP contribution in [0.5, 0.6) is 5.75 Å². The molecule has 1 N–H and O–H groups in total. The number of nitrogens with zero attached hydrogens (tertiary/aromatic N) is 1. The summed E-state index contributed by atoms with van der Waals surface area (Å²) >= 11 is 1.50. The van der Waals surface area contributed by atoms with Crippen molar-refractivity contribution >= 4 is 19.9 Å². The molecule has 0 saturated heterocycles. The number of aliphatic hydroxyl groups is 1. The van der Waals surface area contributed by atoms with Gasteiger partial charge in [-0.1, -0.05) is 20.7 Å². The minimum Gasteiger partial charge on any atom is -0.490 e. The van der Waals surface area contributed by atoms with Crippen LogP contribution in [0.4, 0.5) is 0 Å². The van der Waals surface area contributed by atoms with Gasteiger partial charge in [-0.2, -0.15) is 0 Å². The topological polar surface area (TPSA) is 42.4 Å². The first kappa shape index (κ1) is 14.4. The lowest BCUT2D eigenvalue weighted by atomic mass is 10.1. The van der Waals surface area contributed by atoms with Crippen LogP contribution in [-0.4, -0.2) is 23.1 Å². The monoisotopic (exact) mass is 295 g/mol. The summed E-state index contributed by atoms with van der Waals surface area (Å²) in [7, 11) is 0.803. The molecule has 1 aromatic carbocycles. The molecule has 0 aliphatic carbocycles. The first-order valence-corrected chi connectivity index (χ1v) is 8.82. The molecule has 2 unspecified atom stereocenters. The van der Waals surface area contributed by atoms with Crippen LogP contribution in [0.3, 0.4) is 0 Å². The van der Waals surface area contributed by atoms with Gasteiger partial charge in [-0.25, -0.2) is 4.98 Å². The van der Waals surface area contributed by atoms with Gasteiger partial charge < -0.3 is 9.84 Å². The van der Waals surface area contributed by atoms with E-state index in [-0.39, 0.29) is 0 Å². The van der Waals surface area contributed by atoms with E-state index in [2.05, 4.69) is 23.8 Å². The summed E-state index contributed by atoms with van der Waals surface area (Å²) in [5, 5.41) is 12.6. The quantitative estimate of drug-likeness (QED) is 0.795. The Morgan fingerprint density at radius 3 is 2.79 bits per heavy atom. The van der Waals surface area contributed by atoms with Gasteiger partial charge in [-0.3, -0.25) is 0 Å². The number of benzene rings is 1. The molecule has 0 bridgehead atoms. The molecule has 0 spiro atoms. The second-order valence-electron chi connectivity index (χ2n) is 4.21. The molecular weight excluding hydrogens is 277 g/mol. The molecule has 0 saturated carbocycles. The van der Waals surface area contributed by atoms with Crippen molar-refractivity contribution in [3.05, 3.63) is 46.4 Å². The highest BCUT2D eigenvalue weighted by molar-refractivity contribution is 7.36. The maximum atomic E-state index is 9.97. The van der Waals surface area contributed by atoms with E-state index in [0.29, 0.717) is 6.42 Å². The smallest absolute Gasteiger partial charge is 0.121 e. The molecule has 5 heteroatoms. The van der Waals surface area contributed by atoms with Crippen molar-refractivity contribution in [2.75, 3.05) is 13.0 Å². The van der Waals surface area contributed by atoms with Crippen molar-refractivity contribution in [3.63, 3.8) is 0 Å². The predicted octanol–water partition coefficient (Wildman–Crippen LogP) is 3.45. The fraction of sp³-hybridized carbons (Fsp3) is 0.357. The van der Waals surface area contributed by atoms with E-state index in [1.54, 1.807) is 6.20 Å². The van der Waals surface area contributed by atoms with Gasteiger partial charge in [0.1, 0.15) is 23.2 Å². The van der Waals surface area contributed by atoms with Crippen LogP contribution in [0.2, 0.25) is 0 Å². The average molecular weight is 295 g/mol. The molecule has 0 aliphatic rings. The highest BCUT2D eigenvalue weighted by atomic mass is 32.1. The van der Waals surface area contributed by atoms with Gasteiger partial charge in [0.2, 0.25) is 0 Å². The summed E-state index contributed by atoms with van der Waals surface area (Å²) in [5.41, 5.74) is 1.21. The third-order valence-corrected chi connectivity index (χ3v) is 4.06. The Bertz CT molecular complexity index is 473. The lowest BCUT2D eigenvalue weighted by Gasteiger charge is -2.08. The van der Waals surface area contributed by atoms with Gasteiger partial charge in [0.25, 0.3) is 0 Å². The van der Waals surface area contributed by atoms with Crippen LogP contribution in [0.1, 0.15) is 23.1 Å². The average Bonchev–Trinajstić information content (AvgIpc) is 2.98. The number of hydrogen-bond donors (Lipinski definition) is 1. The van der Waals surface area contributed by atoms with Crippen molar-refractivity contribution in [1.82, 2.24) is 4.98 Å². The van der Waals surface area contributed by atoms with E-state index in [1.807, 2.05) is 17.5 Å². The van der Waals surface area contributed by atoms with E-state index in [1.165, 1.54) is 16.9 Å². The number of aryl methyl sites for hydroxylation is 1. The third kappa shape index (κ3) is 4.57. The zero-order valence-electron chi connectivity index (χ0n) is 10.9. The fourth-order valence-corrected chi connectivity index (χ4v) is 2.70. The first-order chi connectivity index (χ1) is 9.29. The summed E-state index contributed by atoms with van der Waals surface area (Å²) in [6.07, 6.45) is 3.59. The van der Waals surface area contributed by atoms with Crippen molar-refractivity contribution < 1.29 is 9.84 Å². The standard InChI is InChI=1S/C14H18NO2PS/c1-18-10-17-12-5-2-11(3-6-12)4-7-13(16)14-15-8-9-19-14/h2-3,5-6,8-9,13,16,18H,4,7,10H2,1H3. The predicted molar refractivity (Wildman–Crippen MR) is 81.6 cm³/mol. The molecule has 2 aromatic rings. The third-order valence-electron chi connectivity index (χ3n) is 2.75. The number of hydrogen-bond acceptors (Lipinski definition) is 4. The van der Waals surface area contributed by atoms with Crippen LogP contribution in [-0.2, 0) is 6.42 Å². The maximum absolute atomic E-state index is 9.97. The Balaban J connectivity index is 1.82. The Morgan fingerprint density at radius 2 is 2.16 bits per heavy atom. The Morgan fingerprint density at radius 1 is 1.37 bits per heavy atom. The minimum absolute atomic E-state index is 0.461. The van der Waals surface area contributed by atoms with Crippen molar-refractivity contribution in [3.8, 4) is 5.75 Å². The summed E-state index contributed by atoms with van der Waals surface area (Å²) in [6, 6.07) is 8.10. The number of thiazole rings is 1. The summed E-state index contributed by atoms with van der Waals surface area (Å²) in [6.45, 7) is 2.12. The Labute approximate surface area is 119 Å². The van der Waals surface area contributed by atoms with Crippen molar-refractivity contribution in [2.45, 2.75) is 18.9 Å². The van der Waals surface area contributed by atoms with Gasteiger partial charge in [0, 0.05) is 11.6 Å². The van der Waals surface area contributed by atoms with Gasteiger partial charge >= 0.3 is 0 Å². The van der Waals surface area contributed by atoms with E-state index in [9.17, 15) is 5.11 Å². The van der Waals surface area contributed by atoms with Crippen LogP contribution in [0.25, 0.3) is 0 Å². The van der Waals surface area contributed by atoms with Crippen LogP contribution in [0.15, 0.2) is 35.8 Å². The van der Waals surface area contributed by atoms with Crippen molar-refractivity contribution in [2.24, 2.45) is 0 Å². The van der Waals surface area contributed by atoms with Crippen LogP contribution < -0.4 is 4.74 Å². The zero-order valence-corrected chi connectivity index (χ0v) is 12.7. The molecule has 102 valence electrons. The number of aromatic nitrogens is 1. The maximum Gasteiger partial charge on any atom is 0.121 e. The summed E-state index contributed by atoms with van der Waals surface area (Å²) < 4.78 is 5.55. The number of ether oxygens (including phenoxy) is 1. The zero-order chi connectivity index (χ0) is 13.5. The van der Waals surface area contributed by atoms with Crippen molar-refractivity contribution in [1.29, 1.82) is 0 Å². The van der Waals surface area contributed by atoms with Crippen LogP contribution >= 0.6 is 19.9 Å². The van der Waals surface area contributed by atoms with E-state index in [4.69, 9.17) is 4.74 Å². The molecule has 19 heavy (non-hydrogen) atoms. The molecule has 0 amide bonds. The highest BCUT2D eigenvalue weighted by Gasteiger charge is 2.09. The fourth-order valence-electron chi connectivity index (χ4n) is 1.73. The molecule has 0 aliphatic heterocycles. The van der Waals surface area contributed by atoms with E-state index < -0.39 is 6.10 Å². The van der Waals surface area contributed by atoms with Gasteiger partial charge in [-0.15, -0.1) is 11.3 Å². The SMILES string of the molecule is CPCOc1ccc(CCC(O)c2nccs2)cc1. The Hall–Kier alpha value is -0.960. The highest BCUT2D eigenvalue weighted by Crippen LogP contribution is 2.22. The second-order valence-corrected chi connectivity index (χ2v) is 6.13. The van der Waals surface area contributed by atoms with E-state index >= 15 is 0 Å². The number of aliphatic hydroxyl groups excluding tert-OH is 1. The van der Waals surface area contributed by atoms with Crippen LogP contribution in [0, 0.1) is 0 Å². The lowest BCUT2D eigenvalue weighted by molar-refractivity contribution is 0.167. The van der Waals surface area contributed by atoms with E-state index in [0.717, 1.165) is 32.1 Å². The molecule has 2 rings (SSSR count). The normalized spacial score (nSPS) is 12.9. The van der Waals surface area contributed by atoms with Gasteiger partial charge in [0.15, 0.2) is 0 Å². The number of rotatable bonds is 7. The summed E-state index contributed by atoms with van der Waals surface area (Å²) in [4.78, 5) is 4.13. The molecule has 0 radical (unpaired) electrons. The molecule has 2 atom stereocenters. The molecular formula is C14H18NO2PS. The minimum atomic E-state index is -0.461. The molecule has 3 nitrogen and oxygen atoms in total. The molecule has 0 fully saturated rings. The van der Waals surface area contributed by atoms with Gasteiger partial charge in [0.05, 0.1) is 0 Å². The lowest BCUT2D eigenvalue weighted by Crippen LogP contribution is -1.99. The largest absolute Gasteiger partial charge is 0.490 e. The second kappa shape index (κ2) is 7.59. The summed E-state index contributed by atoms with van der Waals surface area (Å²) in [5.74, 6) is 0.915. The molecule has 1 heterocycles. The van der Waals surface area contributed by atoms with Gasteiger partial charge in [-0.05, 0) is 37.2 Å². The first-order valence-electron chi connectivity index (χ1n) is 6.23. The molecule has 1 aromatic heterocycles. The Kier molecular flexibility index (Phi) is 5.77.